The smallest absolute Gasteiger partial charge is 0.0556 e. The summed E-state index contributed by atoms with van der Waals surface area (Å²) in [6.07, 6.45) is 8.78. The molecule has 0 aromatic heterocycles. The molecule has 0 atom stereocenters. The fourth-order valence-corrected chi connectivity index (χ4v) is 1.34. The van der Waals surface area contributed by atoms with Crippen LogP contribution < -0.4 is 0 Å². The zero-order valence-electron chi connectivity index (χ0n) is 8.47. The van der Waals surface area contributed by atoms with Crippen molar-refractivity contribution < 1.29 is 4.74 Å². The topological polar surface area (TPSA) is 9.23 Å². The Bertz CT molecular complexity index is 66.2. The fraction of sp³-hybridized carbons (Fsp3) is 1.00. The van der Waals surface area contributed by atoms with Crippen LogP contribution >= 0.6 is 11.8 Å². The van der Waals surface area contributed by atoms with Crippen LogP contribution in [0.3, 0.4) is 0 Å². The summed E-state index contributed by atoms with van der Waals surface area (Å²) in [7, 11) is 0. The van der Waals surface area contributed by atoms with Crippen molar-refractivity contribution in [1.82, 2.24) is 0 Å². The first-order chi connectivity index (χ1) is 5.91. The van der Waals surface area contributed by atoms with Crippen molar-refractivity contribution in [2.24, 2.45) is 0 Å². The van der Waals surface area contributed by atoms with Crippen LogP contribution in [-0.2, 0) is 4.74 Å². The molecule has 0 saturated carbocycles. The molecule has 0 bridgehead atoms. The van der Waals surface area contributed by atoms with Crippen molar-refractivity contribution >= 4 is 11.8 Å². The van der Waals surface area contributed by atoms with Gasteiger partial charge in [-0.05, 0) is 12.7 Å². The first kappa shape index (κ1) is 12.3. The third-order valence-electron chi connectivity index (χ3n) is 1.82. The van der Waals surface area contributed by atoms with Gasteiger partial charge in [-0.3, -0.25) is 0 Å². The van der Waals surface area contributed by atoms with E-state index in [2.05, 4.69) is 13.2 Å². The van der Waals surface area contributed by atoms with Crippen LogP contribution in [0.1, 0.15) is 39.0 Å². The molecule has 0 N–H and O–H groups in total. The van der Waals surface area contributed by atoms with Gasteiger partial charge in [0.05, 0.1) is 6.61 Å². The molecule has 74 valence electrons. The standard InChI is InChI=1S/C10H22OS/c1-3-4-5-6-7-8-11-9-10-12-2/h3-10H2,1-2H3. The molecule has 1 nitrogen and oxygen atoms in total. The van der Waals surface area contributed by atoms with Gasteiger partial charge in [0.1, 0.15) is 0 Å². The number of rotatable bonds is 9. The first-order valence-electron chi connectivity index (χ1n) is 4.98. The Hall–Kier alpha value is 0.310. The van der Waals surface area contributed by atoms with Crippen molar-refractivity contribution in [2.75, 3.05) is 25.2 Å². The Balaban J connectivity index is 2.73. The number of hydrogen-bond donors (Lipinski definition) is 0. The molecule has 0 radical (unpaired) electrons. The van der Waals surface area contributed by atoms with Crippen LogP contribution in [0.5, 0.6) is 0 Å². The molecule has 0 saturated heterocycles. The van der Waals surface area contributed by atoms with Gasteiger partial charge in [0.25, 0.3) is 0 Å². The lowest BCUT2D eigenvalue weighted by Crippen LogP contribution is -1.98. The minimum absolute atomic E-state index is 0.926. The van der Waals surface area contributed by atoms with Crippen LogP contribution in [0.2, 0.25) is 0 Å². The van der Waals surface area contributed by atoms with Gasteiger partial charge in [-0.2, -0.15) is 11.8 Å². The van der Waals surface area contributed by atoms with E-state index in [4.69, 9.17) is 4.74 Å². The van der Waals surface area contributed by atoms with Crippen LogP contribution in [0.25, 0.3) is 0 Å². The summed E-state index contributed by atoms with van der Waals surface area (Å²) in [6.45, 7) is 4.13. The molecule has 0 aliphatic heterocycles. The summed E-state index contributed by atoms with van der Waals surface area (Å²) < 4.78 is 5.43. The number of unbranched alkanes of at least 4 members (excludes halogenated alkanes) is 4. The Morgan fingerprint density at radius 2 is 1.75 bits per heavy atom. The second-order valence-corrected chi connectivity index (χ2v) is 4.00. The minimum atomic E-state index is 0.926. The molecule has 0 aromatic carbocycles. The summed E-state index contributed by atoms with van der Waals surface area (Å²) in [5.74, 6) is 1.13. The highest BCUT2D eigenvalue weighted by atomic mass is 32.2. The molecule has 0 aromatic rings. The number of thioether (sulfide) groups is 1. The van der Waals surface area contributed by atoms with Crippen LogP contribution in [0.4, 0.5) is 0 Å². The normalized spacial score (nSPS) is 10.5. The Morgan fingerprint density at radius 1 is 1.00 bits per heavy atom. The summed E-state index contributed by atoms with van der Waals surface area (Å²) in [5.41, 5.74) is 0. The van der Waals surface area contributed by atoms with E-state index < -0.39 is 0 Å². The van der Waals surface area contributed by atoms with Gasteiger partial charge in [0.2, 0.25) is 0 Å². The zero-order valence-corrected chi connectivity index (χ0v) is 9.29. The fourth-order valence-electron chi connectivity index (χ4n) is 1.05. The maximum atomic E-state index is 5.43. The van der Waals surface area contributed by atoms with Gasteiger partial charge in [-0.25, -0.2) is 0 Å². The molecular weight excluding hydrogens is 168 g/mol. The molecule has 0 spiro atoms. The SMILES string of the molecule is CCCCCCCOCCSC. The summed E-state index contributed by atoms with van der Waals surface area (Å²) in [4.78, 5) is 0. The summed E-state index contributed by atoms with van der Waals surface area (Å²) in [5, 5.41) is 0. The predicted molar refractivity (Wildman–Crippen MR) is 58.0 cm³/mol. The lowest BCUT2D eigenvalue weighted by atomic mass is 10.2. The Labute approximate surface area is 81.3 Å². The minimum Gasteiger partial charge on any atom is -0.381 e. The Kier molecular flexibility index (Phi) is 11.6. The van der Waals surface area contributed by atoms with Gasteiger partial charge in [-0.15, -0.1) is 0 Å². The van der Waals surface area contributed by atoms with Crippen LogP contribution in [-0.4, -0.2) is 25.2 Å². The van der Waals surface area contributed by atoms with Gasteiger partial charge < -0.3 is 4.74 Å². The molecule has 0 amide bonds. The van der Waals surface area contributed by atoms with Crippen LogP contribution in [0, 0.1) is 0 Å². The molecule has 0 rings (SSSR count). The van der Waals surface area contributed by atoms with E-state index in [-0.39, 0.29) is 0 Å². The van der Waals surface area contributed by atoms with Gasteiger partial charge in [0, 0.05) is 12.4 Å². The summed E-state index contributed by atoms with van der Waals surface area (Å²) in [6, 6.07) is 0. The Morgan fingerprint density at radius 3 is 2.42 bits per heavy atom. The highest BCUT2D eigenvalue weighted by Crippen LogP contribution is 2.02. The first-order valence-corrected chi connectivity index (χ1v) is 6.38. The van der Waals surface area contributed by atoms with Crippen molar-refractivity contribution in [3.63, 3.8) is 0 Å². The molecule has 0 unspecified atom stereocenters. The number of hydrogen-bond acceptors (Lipinski definition) is 2. The van der Waals surface area contributed by atoms with E-state index in [0.717, 1.165) is 19.0 Å². The lowest BCUT2D eigenvalue weighted by Gasteiger charge is -2.02. The van der Waals surface area contributed by atoms with E-state index in [0.29, 0.717) is 0 Å². The predicted octanol–water partition coefficient (Wildman–Crippen LogP) is 3.34. The van der Waals surface area contributed by atoms with E-state index in [9.17, 15) is 0 Å². The molecule has 12 heavy (non-hydrogen) atoms. The highest BCUT2D eigenvalue weighted by molar-refractivity contribution is 7.98. The zero-order chi connectivity index (χ0) is 9.07. The lowest BCUT2D eigenvalue weighted by molar-refractivity contribution is 0.145. The van der Waals surface area contributed by atoms with Gasteiger partial charge in [-0.1, -0.05) is 32.6 Å². The maximum absolute atomic E-state index is 5.43. The third-order valence-corrected chi connectivity index (χ3v) is 2.40. The number of ether oxygens (including phenoxy) is 1. The molecule has 0 aliphatic rings. The quantitative estimate of drug-likeness (QED) is 0.516. The average Bonchev–Trinajstić information content (AvgIpc) is 2.10. The van der Waals surface area contributed by atoms with E-state index in [1.54, 1.807) is 0 Å². The molecular formula is C10H22OS. The molecule has 0 heterocycles. The second kappa shape index (κ2) is 11.3. The largest absolute Gasteiger partial charge is 0.381 e. The summed E-state index contributed by atoms with van der Waals surface area (Å²) >= 11 is 1.85. The van der Waals surface area contributed by atoms with E-state index in [1.807, 2.05) is 11.8 Å². The monoisotopic (exact) mass is 190 g/mol. The van der Waals surface area contributed by atoms with E-state index in [1.165, 1.54) is 32.1 Å². The maximum Gasteiger partial charge on any atom is 0.0556 e. The van der Waals surface area contributed by atoms with Crippen LogP contribution in [0.15, 0.2) is 0 Å². The van der Waals surface area contributed by atoms with E-state index >= 15 is 0 Å². The second-order valence-electron chi connectivity index (χ2n) is 3.02. The molecule has 0 aliphatic carbocycles. The third kappa shape index (κ3) is 10.3. The van der Waals surface area contributed by atoms with Crippen molar-refractivity contribution in [1.29, 1.82) is 0 Å². The van der Waals surface area contributed by atoms with Gasteiger partial charge >= 0.3 is 0 Å². The average molecular weight is 190 g/mol. The van der Waals surface area contributed by atoms with Gasteiger partial charge in [0.15, 0.2) is 0 Å². The highest BCUT2D eigenvalue weighted by Gasteiger charge is 1.89. The van der Waals surface area contributed by atoms with Crippen molar-refractivity contribution in [3.8, 4) is 0 Å². The van der Waals surface area contributed by atoms with Crippen molar-refractivity contribution in [3.05, 3.63) is 0 Å². The molecule has 0 fully saturated rings. The van der Waals surface area contributed by atoms with Crippen molar-refractivity contribution in [2.45, 2.75) is 39.0 Å². The molecule has 2 heteroatoms.